The molecule has 0 aliphatic heterocycles. The average molecular weight is 619 g/mol. The van der Waals surface area contributed by atoms with Crippen LogP contribution in [0.25, 0.3) is 79.2 Å². The second-order valence-corrected chi connectivity index (χ2v) is 11.0. The van der Waals surface area contributed by atoms with Crippen molar-refractivity contribution in [3.8, 4) is 79.2 Å². The van der Waals surface area contributed by atoms with Crippen molar-refractivity contribution in [2.24, 2.45) is 0 Å². The summed E-state index contributed by atoms with van der Waals surface area (Å²) in [5, 5.41) is 0. The summed E-state index contributed by atoms with van der Waals surface area (Å²) in [6, 6.07) is 39.6. The average Bonchev–Trinajstić information content (AvgIpc) is 3.19. The minimum absolute atomic E-state index is 0.564. The second kappa shape index (κ2) is 12.9. The summed E-state index contributed by atoms with van der Waals surface area (Å²) in [5.74, 6) is 0.564. The van der Waals surface area contributed by atoms with Crippen LogP contribution in [-0.4, -0.2) is 39.9 Å². The van der Waals surface area contributed by atoms with Crippen LogP contribution >= 0.6 is 0 Å². The van der Waals surface area contributed by atoms with Crippen LogP contribution in [0, 0.1) is 0 Å². The summed E-state index contributed by atoms with van der Waals surface area (Å²) >= 11 is 0. The standard InChI is InChI=1S/C40H26N8/c1-2-8-29(9-3-1)40-47-38(36-24-30(27-12-18-41-19-13-27)22-34(45-36)32-10-4-6-16-43-32)26-39(48-40)37-25-31(28-14-20-42-21-15-28)23-35(46-37)33-11-5-7-17-44-33/h1-26H. The van der Waals surface area contributed by atoms with Crippen molar-refractivity contribution in [2.75, 3.05) is 0 Å². The van der Waals surface area contributed by atoms with E-state index < -0.39 is 0 Å². The third-order valence-corrected chi connectivity index (χ3v) is 7.82. The highest BCUT2D eigenvalue weighted by molar-refractivity contribution is 5.79. The number of pyridine rings is 6. The minimum atomic E-state index is 0.564. The topological polar surface area (TPSA) is 103 Å². The first-order valence-corrected chi connectivity index (χ1v) is 15.4. The van der Waals surface area contributed by atoms with E-state index in [4.69, 9.17) is 19.9 Å². The van der Waals surface area contributed by atoms with Gasteiger partial charge in [-0.15, -0.1) is 0 Å². The lowest BCUT2D eigenvalue weighted by Gasteiger charge is -2.13. The molecule has 0 radical (unpaired) electrons. The smallest absolute Gasteiger partial charge is 0.160 e. The third-order valence-electron chi connectivity index (χ3n) is 7.82. The molecule has 0 spiro atoms. The molecule has 0 atom stereocenters. The highest BCUT2D eigenvalue weighted by Gasteiger charge is 2.17. The van der Waals surface area contributed by atoms with Crippen LogP contribution in [-0.2, 0) is 0 Å². The van der Waals surface area contributed by atoms with E-state index in [1.807, 2.05) is 121 Å². The van der Waals surface area contributed by atoms with Crippen molar-refractivity contribution < 1.29 is 0 Å². The normalized spacial score (nSPS) is 10.9. The summed E-state index contributed by atoms with van der Waals surface area (Å²) in [7, 11) is 0. The Morgan fingerprint density at radius 2 is 0.688 bits per heavy atom. The van der Waals surface area contributed by atoms with Gasteiger partial charge in [0.25, 0.3) is 0 Å². The number of nitrogens with zero attached hydrogens (tertiary/aromatic N) is 8. The quantitative estimate of drug-likeness (QED) is 0.175. The van der Waals surface area contributed by atoms with Gasteiger partial charge in [-0.2, -0.15) is 0 Å². The number of aromatic nitrogens is 8. The SMILES string of the molecule is c1ccc(-c2nc(-c3cc(-c4ccncc4)cc(-c4ccccn4)n3)cc(-c3cc(-c4ccncc4)cc(-c4ccccn4)n3)n2)cc1. The van der Waals surface area contributed by atoms with Crippen LogP contribution in [0.5, 0.6) is 0 Å². The Morgan fingerprint density at radius 1 is 0.271 bits per heavy atom. The summed E-state index contributed by atoms with van der Waals surface area (Å²) in [5.41, 5.74) is 10.5. The number of benzene rings is 1. The van der Waals surface area contributed by atoms with Crippen molar-refractivity contribution in [2.45, 2.75) is 0 Å². The molecule has 8 nitrogen and oxygen atoms in total. The monoisotopic (exact) mass is 618 g/mol. The molecular weight excluding hydrogens is 592 g/mol. The Balaban J connectivity index is 1.36. The zero-order chi connectivity index (χ0) is 32.1. The number of hydrogen-bond donors (Lipinski definition) is 0. The molecule has 7 heterocycles. The molecule has 0 saturated carbocycles. The van der Waals surface area contributed by atoms with E-state index in [2.05, 4.69) is 19.9 Å². The largest absolute Gasteiger partial charge is 0.265 e. The van der Waals surface area contributed by atoms with E-state index in [-0.39, 0.29) is 0 Å². The molecule has 0 aliphatic carbocycles. The fourth-order valence-electron chi connectivity index (χ4n) is 5.46. The molecule has 0 bridgehead atoms. The lowest BCUT2D eigenvalue weighted by molar-refractivity contribution is 1.14. The molecule has 0 unspecified atom stereocenters. The van der Waals surface area contributed by atoms with Crippen LogP contribution in [0.4, 0.5) is 0 Å². The van der Waals surface area contributed by atoms with E-state index in [0.717, 1.165) is 50.6 Å². The maximum Gasteiger partial charge on any atom is 0.160 e. The lowest BCUT2D eigenvalue weighted by Crippen LogP contribution is -2.00. The molecule has 7 aromatic heterocycles. The molecule has 0 aliphatic rings. The van der Waals surface area contributed by atoms with Crippen LogP contribution < -0.4 is 0 Å². The van der Waals surface area contributed by atoms with Gasteiger partial charge in [0.15, 0.2) is 5.82 Å². The van der Waals surface area contributed by atoms with Crippen LogP contribution in [0.1, 0.15) is 0 Å². The van der Waals surface area contributed by atoms with Crippen LogP contribution in [0.15, 0.2) is 159 Å². The first kappa shape index (κ1) is 28.7. The van der Waals surface area contributed by atoms with Crippen molar-refractivity contribution in [3.05, 3.63) is 159 Å². The van der Waals surface area contributed by atoms with Gasteiger partial charge < -0.3 is 0 Å². The summed E-state index contributed by atoms with van der Waals surface area (Å²) in [4.78, 5) is 38.0. The predicted octanol–water partition coefficient (Wildman–Crippen LogP) is 8.52. The fraction of sp³-hybridized carbons (Fsp3) is 0. The molecule has 0 amide bonds. The van der Waals surface area contributed by atoms with Gasteiger partial charge in [0.05, 0.1) is 45.6 Å². The summed E-state index contributed by atoms with van der Waals surface area (Å²) in [6.07, 6.45) is 10.7. The zero-order valence-electron chi connectivity index (χ0n) is 25.6. The molecule has 226 valence electrons. The molecule has 8 rings (SSSR count). The maximum absolute atomic E-state index is 5.09. The van der Waals surface area contributed by atoms with Crippen LogP contribution in [0.3, 0.4) is 0 Å². The number of hydrogen-bond acceptors (Lipinski definition) is 8. The first-order valence-electron chi connectivity index (χ1n) is 15.4. The highest BCUT2D eigenvalue weighted by Crippen LogP contribution is 2.33. The van der Waals surface area contributed by atoms with E-state index in [1.54, 1.807) is 37.2 Å². The molecule has 8 heteroatoms. The Labute approximate surface area is 277 Å². The molecule has 0 saturated heterocycles. The van der Waals surface area contributed by atoms with Crippen molar-refractivity contribution in [1.82, 2.24) is 39.9 Å². The predicted molar refractivity (Wildman–Crippen MR) is 187 cm³/mol. The summed E-state index contributed by atoms with van der Waals surface area (Å²) in [6.45, 7) is 0. The van der Waals surface area contributed by atoms with Crippen molar-refractivity contribution in [3.63, 3.8) is 0 Å². The minimum Gasteiger partial charge on any atom is -0.265 e. The molecule has 0 fully saturated rings. The van der Waals surface area contributed by atoms with Gasteiger partial charge in [-0.1, -0.05) is 42.5 Å². The van der Waals surface area contributed by atoms with E-state index >= 15 is 0 Å². The van der Waals surface area contributed by atoms with Gasteiger partial charge in [-0.3, -0.25) is 19.9 Å². The van der Waals surface area contributed by atoms with Gasteiger partial charge in [0.1, 0.15) is 0 Å². The van der Waals surface area contributed by atoms with Crippen molar-refractivity contribution in [1.29, 1.82) is 0 Å². The van der Waals surface area contributed by atoms with Gasteiger partial charge in [-0.05, 0) is 101 Å². The highest BCUT2D eigenvalue weighted by atomic mass is 14.9. The molecule has 8 aromatic rings. The molecular formula is C40H26N8. The molecule has 1 aromatic carbocycles. The Hall–Kier alpha value is -6.80. The lowest BCUT2D eigenvalue weighted by atomic mass is 10.0. The maximum atomic E-state index is 5.09. The van der Waals surface area contributed by atoms with E-state index in [0.29, 0.717) is 28.6 Å². The Kier molecular flexibility index (Phi) is 7.70. The van der Waals surface area contributed by atoms with Crippen LogP contribution in [0.2, 0.25) is 0 Å². The fourth-order valence-corrected chi connectivity index (χ4v) is 5.46. The third kappa shape index (κ3) is 6.05. The number of rotatable bonds is 7. The Morgan fingerprint density at radius 3 is 1.12 bits per heavy atom. The van der Waals surface area contributed by atoms with Gasteiger partial charge in [-0.25, -0.2) is 19.9 Å². The van der Waals surface area contributed by atoms with Crippen molar-refractivity contribution >= 4 is 0 Å². The van der Waals surface area contributed by atoms with E-state index in [9.17, 15) is 0 Å². The van der Waals surface area contributed by atoms with Gasteiger partial charge in [0, 0.05) is 42.7 Å². The zero-order valence-corrected chi connectivity index (χ0v) is 25.6. The Bertz CT molecular complexity index is 2060. The van der Waals surface area contributed by atoms with E-state index in [1.165, 1.54) is 0 Å². The van der Waals surface area contributed by atoms with Gasteiger partial charge >= 0.3 is 0 Å². The second-order valence-electron chi connectivity index (χ2n) is 11.0. The first-order chi connectivity index (χ1) is 23.8. The molecule has 48 heavy (non-hydrogen) atoms. The summed E-state index contributed by atoms with van der Waals surface area (Å²) < 4.78 is 0. The van der Waals surface area contributed by atoms with Gasteiger partial charge in [0.2, 0.25) is 0 Å². The molecule has 0 N–H and O–H groups in total.